The molecule has 2 heteroatoms. The van der Waals surface area contributed by atoms with Gasteiger partial charge in [-0.3, -0.25) is 9.59 Å². The highest BCUT2D eigenvalue weighted by Crippen LogP contribution is 2.38. The lowest BCUT2D eigenvalue weighted by Gasteiger charge is -2.11. The predicted molar refractivity (Wildman–Crippen MR) is 81.0 cm³/mol. The lowest BCUT2D eigenvalue weighted by molar-refractivity contribution is 0.0969. The molecule has 0 fully saturated rings. The largest absolute Gasteiger partial charge is 0.294 e. The fourth-order valence-electron chi connectivity index (χ4n) is 3.67. The molecule has 0 heterocycles. The number of benzene rings is 2. The maximum absolute atomic E-state index is 12.7. The van der Waals surface area contributed by atoms with Gasteiger partial charge in [-0.2, -0.15) is 0 Å². The number of hydrogen-bond acceptors (Lipinski definition) is 2. The van der Waals surface area contributed by atoms with Crippen LogP contribution in [0.2, 0.25) is 0 Å². The summed E-state index contributed by atoms with van der Waals surface area (Å²) in [5.74, 6) is 0.347. The Labute approximate surface area is 123 Å². The number of carbonyl (C=O) groups is 2. The van der Waals surface area contributed by atoms with Gasteiger partial charge < -0.3 is 0 Å². The summed E-state index contributed by atoms with van der Waals surface area (Å²) in [6.07, 6.45) is 2.09. The molecular weight excluding hydrogens is 260 g/mol. The van der Waals surface area contributed by atoms with E-state index in [1.165, 1.54) is 0 Å². The smallest absolute Gasteiger partial charge is 0.170 e. The van der Waals surface area contributed by atoms with Crippen LogP contribution < -0.4 is 0 Å². The van der Waals surface area contributed by atoms with Gasteiger partial charge in [0.25, 0.3) is 0 Å². The Balaban J connectivity index is 1.80. The molecule has 0 aliphatic heterocycles. The molecule has 0 radical (unpaired) electrons. The predicted octanol–water partition coefficient (Wildman–Crippen LogP) is 3.65. The van der Waals surface area contributed by atoms with Crippen LogP contribution >= 0.6 is 0 Å². The van der Waals surface area contributed by atoms with Gasteiger partial charge in [-0.05, 0) is 54.2 Å². The van der Waals surface area contributed by atoms with E-state index in [0.29, 0.717) is 6.42 Å². The maximum Gasteiger partial charge on any atom is 0.170 e. The third-order valence-corrected chi connectivity index (χ3v) is 4.82. The second-order valence-corrected chi connectivity index (χ2v) is 6.07. The molecule has 0 aromatic heterocycles. The first-order chi connectivity index (χ1) is 10.1. The minimum Gasteiger partial charge on any atom is -0.294 e. The van der Waals surface area contributed by atoms with Crippen molar-refractivity contribution in [1.29, 1.82) is 0 Å². The van der Waals surface area contributed by atoms with Crippen molar-refractivity contribution in [3.05, 3.63) is 69.8 Å². The molecule has 0 N–H and O–H groups in total. The standard InChI is InChI=1S/C19H16O2/c1-11-4-2-3-5-14(11)17-10-13-9-15-12(6-7-18(15)20)8-16(13)19(17)21/h2-5,8-9,17H,6-7,10H2,1H3. The van der Waals surface area contributed by atoms with Gasteiger partial charge in [-0.1, -0.05) is 24.3 Å². The summed E-state index contributed by atoms with van der Waals surface area (Å²) in [4.78, 5) is 24.6. The van der Waals surface area contributed by atoms with Gasteiger partial charge in [-0.25, -0.2) is 0 Å². The highest BCUT2D eigenvalue weighted by Gasteiger charge is 2.34. The van der Waals surface area contributed by atoms with Crippen molar-refractivity contribution < 1.29 is 9.59 Å². The van der Waals surface area contributed by atoms with Crippen molar-refractivity contribution in [2.45, 2.75) is 32.1 Å². The van der Waals surface area contributed by atoms with Crippen molar-refractivity contribution >= 4 is 11.6 Å². The maximum atomic E-state index is 12.7. The molecule has 2 aromatic rings. The van der Waals surface area contributed by atoms with Crippen LogP contribution in [0, 0.1) is 6.92 Å². The summed E-state index contributed by atoms with van der Waals surface area (Å²) in [6, 6.07) is 12.0. The summed E-state index contributed by atoms with van der Waals surface area (Å²) >= 11 is 0. The minimum atomic E-state index is -0.0844. The van der Waals surface area contributed by atoms with Crippen LogP contribution in [0.5, 0.6) is 0 Å². The first-order valence-electron chi connectivity index (χ1n) is 7.44. The molecule has 2 aromatic carbocycles. The molecule has 0 bridgehead atoms. The van der Waals surface area contributed by atoms with E-state index in [1.54, 1.807) is 0 Å². The van der Waals surface area contributed by atoms with Gasteiger partial charge >= 0.3 is 0 Å². The van der Waals surface area contributed by atoms with Crippen LogP contribution in [0.1, 0.15) is 55.3 Å². The molecule has 2 nitrogen and oxygen atoms in total. The molecular formula is C19H16O2. The van der Waals surface area contributed by atoms with Crippen molar-refractivity contribution in [2.75, 3.05) is 0 Å². The molecule has 21 heavy (non-hydrogen) atoms. The lowest BCUT2D eigenvalue weighted by atomic mass is 9.92. The van der Waals surface area contributed by atoms with E-state index >= 15 is 0 Å². The summed E-state index contributed by atoms with van der Waals surface area (Å²) in [6.45, 7) is 2.05. The summed E-state index contributed by atoms with van der Waals surface area (Å²) in [5.41, 5.74) is 6.04. The van der Waals surface area contributed by atoms with Gasteiger partial charge in [0.05, 0.1) is 5.92 Å². The molecule has 0 spiro atoms. The molecule has 1 atom stereocenters. The van der Waals surface area contributed by atoms with E-state index < -0.39 is 0 Å². The number of ketones is 2. The van der Waals surface area contributed by atoms with E-state index in [9.17, 15) is 9.59 Å². The normalized spacial score (nSPS) is 19.8. The van der Waals surface area contributed by atoms with Crippen molar-refractivity contribution in [3.63, 3.8) is 0 Å². The zero-order valence-electron chi connectivity index (χ0n) is 12.0. The Morgan fingerprint density at radius 1 is 0.952 bits per heavy atom. The average molecular weight is 276 g/mol. The Morgan fingerprint density at radius 2 is 1.71 bits per heavy atom. The number of carbonyl (C=O) groups excluding carboxylic acids is 2. The van der Waals surface area contributed by atoms with Gasteiger partial charge in [0.15, 0.2) is 11.6 Å². The van der Waals surface area contributed by atoms with Crippen LogP contribution in [0.3, 0.4) is 0 Å². The first kappa shape index (κ1) is 12.5. The monoisotopic (exact) mass is 276 g/mol. The van der Waals surface area contributed by atoms with Crippen molar-refractivity contribution in [1.82, 2.24) is 0 Å². The number of aryl methyl sites for hydroxylation is 2. The molecule has 0 saturated heterocycles. The Kier molecular flexibility index (Phi) is 2.61. The SMILES string of the molecule is Cc1ccccc1C1Cc2cc3c(cc2C1=O)CCC3=O. The number of fused-ring (bicyclic) bond motifs is 2. The Morgan fingerprint density at radius 3 is 2.52 bits per heavy atom. The molecule has 4 rings (SSSR count). The number of rotatable bonds is 1. The van der Waals surface area contributed by atoms with Crippen LogP contribution in [0.4, 0.5) is 0 Å². The lowest BCUT2D eigenvalue weighted by Crippen LogP contribution is -2.08. The third-order valence-electron chi connectivity index (χ3n) is 4.82. The van der Waals surface area contributed by atoms with Gasteiger partial charge in [0.2, 0.25) is 0 Å². The topological polar surface area (TPSA) is 34.1 Å². The number of Topliss-reactive ketones (excluding diaryl/α,β-unsaturated/α-hetero) is 2. The fourth-order valence-corrected chi connectivity index (χ4v) is 3.67. The average Bonchev–Trinajstić information content (AvgIpc) is 3.00. The molecule has 1 unspecified atom stereocenters. The van der Waals surface area contributed by atoms with Crippen LogP contribution in [0.25, 0.3) is 0 Å². The molecule has 2 aliphatic carbocycles. The Bertz CT molecular complexity index is 786. The highest BCUT2D eigenvalue weighted by atomic mass is 16.1. The fraction of sp³-hybridized carbons (Fsp3) is 0.263. The second kappa shape index (κ2) is 4.39. The van der Waals surface area contributed by atoms with Crippen molar-refractivity contribution in [3.8, 4) is 0 Å². The summed E-state index contributed by atoms with van der Waals surface area (Å²) < 4.78 is 0. The zero-order valence-corrected chi connectivity index (χ0v) is 12.0. The molecule has 0 saturated carbocycles. The molecule has 2 aliphatic rings. The van der Waals surface area contributed by atoms with E-state index in [2.05, 4.69) is 13.0 Å². The van der Waals surface area contributed by atoms with Gasteiger partial charge in [0, 0.05) is 17.5 Å². The zero-order chi connectivity index (χ0) is 14.6. The van der Waals surface area contributed by atoms with E-state index in [1.807, 2.05) is 30.3 Å². The van der Waals surface area contributed by atoms with E-state index in [-0.39, 0.29) is 17.5 Å². The summed E-state index contributed by atoms with van der Waals surface area (Å²) in [5, 5.41) is 0. The van der Waals surface area contributed by atoms with Crippen LogP contribution in [0.15, 0.2) is 36.4 Å². The van der Waals surface area contributed by atoms with E-state index in [0.717, 1.165) is 46.2 Å². The molecule has 104 valence electrons. The first-order valence-corrected chi connectivity index (χ1v) is 7.44. The quantitative estimate of drug-likeness (QED) is 0.796. The summed E-state index contributed by atoms with van der Waals surface area (Å²) in [7, 11) is 0. The van der Waals surface area contributed by atoms with Crippen LogP contribution in [-0.2, 0) is 12.8 Å². The van der Waals surface area contributed by atoms with Crippen molar-refractivity contribution in [2.24, 2.45) is 0 Å². The highest BCUT2D eigenvalue weighted by molar-refractivity contribution is 6.08. The molecule has 0 amide bonds. The van der Waals surface area contributed by atoms with Gasteiger partial charge in [0.1, 0.15) is 0 Å². The third kappa shape index (κ3) is 1.79. The second-order valence-electron chi connectivity index (χ2n) is 6.07. The van der Waals surface area contributed by atoms with Crippen LogP contribution in [-0.4, -0.2) is 11.6 Å². The van der Waals surface area contributed by atoms with E-state index in [4.69, 9.17) is 0 Å². The van der Waals surface area contributed by atoms with Gasteiger partial charge in [-0.15, -0.1) is 0 Å². The Hall–Kier alpha value is -2.22. The number of hydrogen-bond donors (Lipinski definition) is 0. The minimum absolute atomic E-state index is 0.0844.